The Morgan fingerprint density at radius 1 is 1.08 bits per heavy atom. The van der Waals surface area contributed by atoms with Gasteiger partial charge in [-0.05, 0) is 42.8 Å². The Labute approximate surface area is 141 Å². The summed E-state index contributed by atoms with van der Waals surface area (Å²) in [4.78, 5) is 14.5. The van der Waals surface area contributed by atoms with Gasteiger partial charge >= 0.3 is 0 Å². The molecular weight excluding hydrogens is 326 g/mol. The second-order valence-electron chi connectivity index (χ2n) is 5.75. The Morgan fingerprint density at radius 2 is 1.75 bits per heavy atom. The van der Waals surface area contributed by atoms with Gasteiger partial charge in [0.25, 0.3) is 5.91 Å². The zero-order chi connectivity index (χ0) is 17.2. The summed E-state index contributed by atoms with van der Waals surface area (Å²) >= 11 is 0. The summed E-state index contributed by atoms with van der Waals surface area (Å²) in [6.07, 6.45) is 0.457. The molecule has 1 amide bonds. The lowest BCUT2D eigenvalue weighted by Gasteiger charge is -2.17. The molecule has 0 saturated carbocycles. The number of carbonyl (C=O) groups is 1. The summed E-state index contributed by atoms with van der Waals surface area (Å²) in [5.41, 5.74) is 0.536. The summed E-state index contributed by atoms with van der Waals surface area (Å²) < 4.78 is 30.4. The zero-order valence-electron chi connectivity index (χ0n) is 13.4. The van der Waals surface area contributed by atoms with Gasteiger partial charge in [-0.3, -0.25) is 4.79 Å². The molecule has 0 unspecified atom stereocenters. The molecule has 1 heterocycles. The smallest absolute Gasteiger partial charge is 0.253 e. The number of sulfone groups is 1. The van der Waals surface area contributed by atoms with Crippen molar-refractivity contribution in [3.63, 3.8) is 0 Å². The third kappa shape index (κ3) is 3.14. The van der Waals surface area contributed by atoms with Gasteiger partial charge in [0.2, 0.25) is 0 Å². The molecule has 1 atom stereocenters. The highest BCUT2D eigenvalue weighted by Gasteiger charge is 2.36. The Bertz CT molecular complexity index is 816. The van der Waals surface area contributed by atoms with E-state index in [-0.39, 0.29) is 12.5 Å². The van der Waals surface area contributed by atoms with Gasteiger partial charge in [0.1, 0.15) is 5.75 Å². The van der Waals surface area contributed by atoms with Crippen LogP contribution in [-0.4, -0.2) is 44.7 Å². The summed E-state index contributed by atoms with van der Waals surface area (Å²) in [5, 5.41) is -0.554. The zero-order valence-corrected chi connectivity index (χ0v) is 14.2. The molecule has 0 N–H and O–H groups in total. The van der Waals surface area contributed by atoms with E-state index < -0.39 is 15.1 Å². The molecule has 126 valence electrons. The molecular formula is C18H19NO4S. The lowest BCUT2D eigenvalue weighted by molar-refractivity contribution is 0.0793. The van der Waals surface area contributed by atoms with Gasteiger partial charge in [0.15, 0.2) is 9.84 Å². The molecule has 0 bridgehead atoms. The molecule has 1 fully saturated rings. The van der Waals surface area contributed by atoms with Gasteiger partial charge in [-0.25, -0.2) is 8.42 Å². The summed E-state index contributed by atoms with van der Waals surface area (Å²) in [6, 6.07) is 15.2. The molecule has 3 rings (SSSR count). The van der Waals surface area contributed by atoms with Gasteiger partial charge in [-0.15, -0.1) is 0 Å². The summed E-state index contributed by atoms with van der Waals surface area (Å²) in [7, 11) is -1.85. The predicted octanol–water partition coefficient (Wildman–Crippen LogP) is 2.38. The van der Waals surface area contributed by atoms with Gasteiger partial charge in [0, 0.05) is 18.7 Å². The monoisotopic (exact) mass is 345 g/mol. The van der Waals surface area contributed by atoms with Crippen LogP contribution in [0.25, 0.3) is 0 Å². The first kappa shape index (κ1) is 16.5. The van der Waals surface area contributed by atoms with E-state index in [4.69, 9.17) is 4.74 Å². The number of hydrogen-bond acceptors (Lipinski definition) is 4. The van der Waals surface area contributed by atoms with Crippen molar-refractivity contribution in [2.45, 2.75) is 16.6 Å². The predicted molar refractivity (Wildman–Crippen MR) is 90.9 cm³/mol. The van der Waals surface area contributed by atoms with Crippen molar-refractivity contribution in [3.05, 3.63) is 60.2 Å². The average Bonchev–Trinajstić information content (AvgIpc) is 3.13. The Hall–Kier alpha value is -2.34. The molecule has 0 radical (unpaired) electrons. The number of hydrogen-bond donors (Lipinski definition) is 0. The van der Waals surface area contributed by atoms with Gasteiger partial charge in [0.05, 0.1) is 17.3 Å². The molecule has 0 aromatic heterocycles. The lowest BCUT2D eigenvalue weighted by atomic mass is 10.2. The topological polar surface area (TPSA) is 63.7 Å². The van der Waals surface area contributed by atoms with Crippen molar-refractivity contribution in [2.75, 3.05) is 20.2 Å². The van der Waals surface area contributed by atoms with Crippen molar-refractivity contribution < 1.29 is 17.9 Å². The Kier molecular flexibility index (Phi) is 4.57. The Morgan fingerprint density at radius 3 is 2.38 bits per heavy atom. The van der Waals surface area contributed by atoms with Crippen LogP contribution in [0.1, 0.15) is 16.8 Å². The standard InChI is InChI=1S/C18H19NO4S/c1-23-15-9-7-14(8-10-15)18(20)19-12-11-17(13-19)24(21,22)16-5-3-2-4-6-16/h2-10,17H,11-13H2,1H3/t17-/m0/s1. The fraction of sp³-hybridized carbons (Fsp3) is 0.278. The van der Waals surface area contributed by atoms with Crippen LogP contribution in [0.3, 0.4) is 0 Å². The van der Waals surface area contributed by atoms with E-state index in [1.807, 2.05) is 0 Å². The van der Waals surface area contributed by atoms with Crippen LogP contribution in [0.5, 0.6) is 5.75 Å². The molecule has 2 aromatic carbocycles. The molecule has 0 spiro atoms. The number of benzene rings is 2. The fourth-order valence-electron chi connectivity index (χ4n) is 2.88. The molecule has 1 saturated heterocycles. The number of methoxy groups -OCH3 is 1. The molecule has 0 aliphatic carbocycles. The van der Waals surface area contributed by atoms with Crippen molar-refractivity contribution in [3.8, 4) is 5.75 Å². The van der Waals surface area contributed by atoms with Crippen LogP contribution in [0.4, 0.5) is 0 Å². The van der Waals surface area contributed by atoms with Gasteiger partial charge in [-0.1, -0.05) is 18.2 Å². The van der Waals surface area contributed by atoms with Crippen LogP contribution >= 0.6 is 0 Å². The second kappa shape index (κ2) is 6.65. The first-order chi connectivity index (χ1) is 11.5. The van der Waals surface area contributed by atoms with Gasteiger partial charge < -0.3 is 9.64 Å². The largest absolute Gasteiger partial charge is 0.497 e. The van der Waals surface area contributed by atoms with Gasteiger partial charge in [-0.2, -0.15) is 0 Å². The quantitative estimate of drug-likeness (QED) is 0.853. The van der Waals surface area contributed by atoms with Crippen LogP contribution in [-0.2, 0) is 9.84 Å². The fourth-order valence-corrected chi connectivity index (χ4v) is 4.60. The normalized spacial score (nSPS) is 17.7. The number of rotatable bonds is 4. The maximum atomic E-state index is 12.7. The van der Waals surface area contributed by atoms with E-state index in [1.54, 1.807) is 66.6 Å². The van der Waals surface area contributed by atoms with Crippen LogP contribution in [0, 0.1) is 0 Å². The van der Waals surface area contributed by atoms with Crippen molar-refractivity contribution in [2.24, 2.45) is 0 Å². The number of nitrogens with zero attached hydrogens (tertiary/aromatic N) is 1. The molecule has 2 aromatic rings. The van der Waals surface area contributed by atoms with E-state index in [9.17, 15) is 13.2 Å². The molecule has 6 heteroatoms. The maximum Gasteiger partial charge on any atom is 0.253 e. The number of carbonyl (C=O) groups excluding carboxylic acids is 1. The SMILES string of the molecule is COc1ccc(C(=O)N2CC[C@H](S(=O)(=O)c3ccccc3)C2)cc1. The highest BCUT2D eigenvalue weighted by Crippen LogP contribution is 2.25. The summed E-state index contributed by atoms with van der Waals surface area (Å²) in [5.74, 6) is 0.529. The highest BCUT2D eigenvalue weighted by molar-refractivity contribution is 7.92. The van der Waals surface area contributed by atoms with E-state index in [0.29, 0.717) is 29.2 Å². The minimum Gasteiger partial charge on any atom is -0.497 e. The van der Waals surface area contributed by atoms with E-state index in [1.165, 1.54) is 0 Å². The van der Waals surface area contributed by atoms with E-state index >= 15 is 0 Å². The number of ether oxygens (including phenoxy) is 1. The molecule has 1 aliphatic rings. The average molecular weight is 345 g/mol. The van der Waals surface area contributed by atoms with Crippen LogP contribution < -0.4 is 4.74 Å². The second-order valence-corrected chi connectivity index (χ2v) is 7.98. The van der Waals surface area contributed by atoms with Crippen molar-refractivity contribution in [1.29, 1.82) is 0 Å². The highest BCUT2D eigenvalue weighted by atomic mass is 32.2. The number of likely N-dealkylation sites (tertiary alicyclic amines) is 1. The lowest BCUT2D eigenvalue weighted by Crippen LogP contribution is -2.31. The van der Waals surface area contributed by atoms with E-state index in [0.717, 1.165) is 0 Å². The minimum atomic E-state index is -3.41. The van der Waals surface area contributed by atoms with Crippen molar-refractivity contribution >= 4 is 15.7 Å². The van der Waals surface area contributed by atoms with Crippen molar-refractivity contribution in [1.82, 2.24) is 4.90 Å². The molecule has 5 nitrogen and oxygen atoms in total. The first-order valence-electron chi connectivity index (χ1n) is 7.74. The molecule has 24 heavy (non-hydrogen) atoms. The third-order valence-electron chi connectivity index (χ3n) is 4.28. The number of amides is 1. The maximum absolute atomic E-state index is 12.7. The van der Waals surface area contributed by atoms with Crippen LogP contribution in [0.15, 0.2) is 59.5 Å². The van der Waals surface area contributed by atoms with E-state index in [2.05, 4.69) is 0 Å². The molecule has 1 aliphatic heterocycles. The minimum absolute atomic E-state index is 0.150. The first-order valence-corrected chi connectivity index (χ1v) is 9.29. The third-order valence-corrected chi connectivity index (χ3v) is 6.47. The summed E-state index contributed by atoms with van der Waals surface area (Å²) in [6.45, 7) is 0.670. The van der Waals surface area contributed by atoms with Crippen LogP contribution in [0.2, 0.25) is 0 Å². The Balaban J connectivity index is 1.74.